The fraction of sp³-hybridized carbons (Fsp3) is 0.480. The van der Waals surface area contributed by atoms with E-state index in [1.165, 1.54) is 5.56 Å². The molecule has 0 aromatic heterocycles. The maximum atomic E-state index is 12.3. The second kappa shape index (κ2) is 9.34. The van der Waals surface area contributed by atoms with Gasteiger partial charge in [0.05, 0.1) is 6.54 Å². The number of nitrogens with one attached hydrogen (secondary N) is 1. The molecular formula is C25H35NO3. The van der Waals surface area contributed by atoms with Crippen LogP contribution in [0.3, 0.4) is 0 Å². The summed E-state index contributed by atoms with van der Waals surface area (Å²) in [5.74, 6) is 1.39. The Morgan fingerprint density at radius 2 is 1.55 bits per heavy atom. The molecule has 0 bridgehead atoms. The van der Waals surface area contributed by atoms with E-state index in [1.54, 1.807) is 6.92 Å². The molecule has 1 amide bonds. The molecule has 0 aliphatic heterocycles. The van der Waals surface area contributed by atoms with E-state index < -0.39 is 6.10 Å². The van der Waals surface area contributed by atoms with Crippen molar-refractivity contribution in [3.8, 4) is 11.5 Å². The van der Waals surface area contributed by atoms with E-state index in [0.29, 0.717) is 18.9 Å². The smallest absolute Gasteiger partial charge is 0.260 e. The van der Waals surface area contributed by atoms with Crippen molar-refractivity contribution in [2.24, 2.45) is 0 Å². The number of amides is 1. The minimum absolute atomic E-state index is 0.00470. The van der Waals surface area contributed by atoms with E-state index in [-0.39, 0.29) is 16.7 Å². The van der Waals surface area contributed by atoms with Crippen LogP contribution in [-0.2, 0) is 15.6 Å². The van der Waals surface area contributed by atoms with Gasteiger partial charge in [0.25, 0.3) is 5.91 Å². The first-order valence-electron chi connectivity index (χ1n) is 10.3. The normalized spacial score (nSPS) is 12.9. The lowest BCUT2D eigenvalue weighted by Crippen LogP contribution is -2.38. The summed E-state index contributed by atoms with van der Waals surface area (Å²) < 4.78 is 11.7. The summed E-state index contributed by atoms with van der Waals surface area (Å²) in [6, 6.07) is 15.9. The molecule has 158 valence electrons. The molecule has 1 atom stereocenters. The summed E-state index contributed by atoms with van der Waals surface area (Å²) in [4.78, 5) is 12.3. The monoisotopic (exact) mass is 397 g/mol. The molecule has 29 heavy (non-hydrogen) atoms. The third-order valence-corrected chi connectivity index (χ3v) is 4.76. The lowest BCUT2D eigenvalue weighted by molar-refractivity contribution is -0.127. The zero-order valence-electron chi connectivity index (χ0n) is 18.8. The molecule has 4 nitrogen and oxygen atoms in total. The molecule has 0 saturated carbocycles. The molecule has 0 aliphatic carbocycles. The SMILES string of the molecule is C[C@H](Oc1ccc(C(C)(C)C)cc1)C(=O)NCCOc1ccccc1C(C)(C)C. The lowest BCUT2D eigenvalue weighted by Gasteiger charge is -2.23. The predicted molar refractivity (Wildman–Crippen MR) is 119 cm³/mol. The number of hydrogen-bond acceptors (Lipinski definition) is 3. The fourth-order valence-corrected chi connectivity index (χ4v) is 2.98. The highest BCUT2D eigenvalue weighted by Crippen LogP contribution is 2.30. The van der Waals surface area contributed by atoms with Gasteiger partial charge in [-0.2, -0.15) is 0 Å². The van der Waals surface area contributed by atoms with Crippen molar-refractivity contribution in [2.45, 2.75) is 65.4 Å². The number of hydrogen-bond donors (Lipinski definition) is 1. The zero-order chi connectivity index (χ0) is 21.7. The molecule has 2 aromatic carbocycles. The average molecular weight is 398 g/mol. The average Bonchev–Trinajstić information content (AvgIpc) is 2.64. The van der Waals surface area contributed by atoms with Crippen molar-refractivity contribution in [1.82, 2.24) is 5.32 Å². The van der Waals surface area contributed by atoms with E-state index in [0.717, 1.165) is 11.3 Å². The van der Waals surface area contributed by atoms with Crippen LogP contribution in [0.5, 0.6) is 11.5 Å². The number of carbonyl (C=O) groups excluding carboxylic acids is 1. The molecule has 0 aliphatic rings. The second-order valence-corrected chi connectivity index (χ2v) is 9.42. The van der Waals surface area contributed by atoms with Gasteiger partial charge in [-0.05, 0) is 47.1 Å². The van der Waals surface area contributed by atoms with E-state index in [4.69, 9.17) is 9.47 Å². The van der Waals surface area contributed by atoms with Gasteiger partial charge in [0, 0.05) is 0 Å². The van der Waals surface area contributed by atoms with Gasteiger partial charge in [-0.1, -0.05) is 71.9 Å². The second-order valence-electron chi connectivity index (χ2n) is 9.42. The Morgan fingerprint density at radius 3 is 2.14 bits per heavy atom. The van der Waals surface area contributed by atoms with Crippen molar-refractivity contribution in [1.29, 1.82) is 0 Å². The number of para-hydroxylation sites is 1. The molecule has 2 rings (SSSR count). The Morgan fingerprint density at radius 1 is 0.931 bits per heavy atom. The number of carbonyl (C=O) groups is 1. The molecule has 1 N–H and O–H groups in total. The molecule has 0 radical (unpaired) electrons. The Bertz CT molecular complexity index is 798. The number of rotatable bonds is 7. The van der Waals surface area contributed by atoms with Crippen LogP contribution in [0.4, 0.5) is 0 Å². The summed E-state index contributed by atoms with van der Waals surface area (Å²) in [5.41, 5.74) is 2.48. The molecule has 2 aromatic rings. The first-order valence-corrected chi connectivity index (χ1v) is 10.3. The predicted octanol–water partition coefficient (Wildman–Crippen LogP) is 5.24. The van der Waals surface area contributed by atoms with Crippen LogP contribution < -0.4 is 14.8 Å². The first kappa shape index (κ1) is 22.8. The van der Waals surface area contributed by atoms with Crippen molar-refractivity contribution in [2.75, 3.05) is 13.2 Å². The number of ether oxygens (including phenoxy) is 2. The molecule has 0 heterocycles. The van der Waals surface area contributed by atoms with E-state index in [1.807, 2.05) is 42.5 Å². The van der Waals surface area contributed by atoms with Crippen LogP contribution in [0.1, 0.15) is 59.6 Å². The molecule has 4 heteroatoms. The summed E-state index contributed by atoms with van der Waals surface area (Å²) in [5, 5.41) is 2.88. The maximum absolute atomic E-state index is 12.3. The van der Waals surface area contributed by atoms with Gasteiger partial charge in [-0.25, -0.2) is 0 Å². The summed E-state index contributed by atoms with van der Waals surface area (Å²) in [6.45, 7) is 15.6. The van der Waals surface area contributed by atoms with Crippen LogP contribution in [-0.4, -0.2) is 25.2 Å². The molecular weight excluding hydrogens is 362 g/mol. The Labute approximate surface area is 175 Å². The standard InChI is InChI=1S/C25H35NO3/c1-18(29-20-14-12-19(13-15-20)24(2,3)4)23(27)26-16-17-28-22-11-9-8-10-21(22)25(5,6)7/h8-15,18H,16-17H2,1-7H3,(H,26,27)/t18-/m0/s1. The van der Waals surface area contributed by atoms with Crippen molar-refractivity contribution >= 4 is 5.91 Å². The largest absolute Gasteiger partial charge is 0.491 e. The van der Waals surface area contributed by atoms with Gasteiger partial charge in [-0.3, -0.25) is 4.79 Å². The van der Waals surface area contributed by atoms with Crippen LogP contribution in [0.25, 0.3) is 0 Å². The van der Waals surface area contributed by atoms with Crippen molar-refractivity contribution in [3.05, 3.63) is 59.7 Å². The van der Waals surface area contributed by atoms with E-state index in [9.17, 15) is 4.79 Å². The van der Waals surface area contributed by atoms with Gasteiger partial charge in [0.15, 0.2) is 6.10 Å². The third kappa shape index (κ3) is 6.81. The number of benzene rings is 2. The summed E-state index contributed by atoms with van der Waals surface area (Å²) in [6.07, 6.45) is -0.572. The van der Waals surface area contributed by atoms with Gasteiger partial charge >= 0.3 is 0 Å². The minimum Gasteiger partial charge on any atom is -0.491 e. The van der Waals surface area contributed by atoms with Gasteiger partial charge in [-0.15, -0.1) is 0 Å². The third-order valence-electron chi connectivity index (χ3n) is 4.76. The van der Waals surface area contributed by atoms with Crippen LogP contribution in [0.2, 0.25) is 0 Å². The lowest BCUT2D eigenvalue weighted by atomic mass is 9.86. The maximum Gasteiger partial charge on any atom is 0.260 e. The van der Waals surface area contributed by atoms with Crippen LogP contribution in [0.15, 0.2) is 48.5 Å². The summed E-state index contributed by atoms with van der Waals surface area (Å²) >= 11 is 0. The molecule has 0 fully saturated rings. The fourth-order valence-electron chi connectivity index (χ4n) is 2.98. The van der Waals surface area contributed by atoms with E-state index in [2.05, 4.69) is 52.9 Å². The highest BCUT2D eigenvalue weighted by molar-refractivity contribution is 5.80. The van der Waals surface area contributed by atoms with Crippen LogP contribution >= 0.6 is 0 Å². The zero-order valence-corrected chi connectivity index (χ0v) is 18.8. The van der Waals surface area contributed by atoms with Gasteiger partial charge in [0.2, 0.25) is 0 Å². The van der Waals surface area contributed by atoms with Crippen molar-refractivity contribution in [3.63, 3.8) is 0 Å². The van der Waals surface area contributed by atoms with E-state index >= 15 is 0 Å². The van der Waals surface area contributed by atoms with Crippen molar-refractivity contribution < 1.29 is 14.3 Å². The highest BCUT2D eigenvalue weighted by atomic mass is 16.5. The summed E-state index contributed by atoms with van der Waals surface area (Å²) in [7, 11) is 0. The first-order chi connectivity index (χ1) is 13.5. The minimum atomic E-state index is -0.572. The topological polar surface area (TPSA) is 47.6 Å². The molecule has 0 unspecified atom stereocenters. The highest BCUT2D eigenvalue weighted by Gasteiger charge is 2.19. The Kier molecular flexibility index (Phi) is 7.34. The van der Waals surface area contributed by atoms with Gasteiger partial charge < -0.3 is 14.8 Å². The quantitative estimate of drug-likeness (QED) is 0.650. The Hall–Kier alpha value is -2.49. The molecule has 0 spiro atoms. The molecule has 0 saturated heterocycles. The van der Waals surface area contributed by atoms with Crippen LogP contribution in [0, 0.1) is 0 Å². The Balaban J connectivity index is 1.81. The van der Waals surface area contributed by atoms with Gasteiger partial charge in [0.1, 0.15) is 18.1 Å².